The highest BCUT2D eigenvalue weighted by Gasteiger charge is 2.31. The Kier molecular flexibility index (Phi) is 12.7. The van der Waals surface area contributed by atoms with Gasteiger partial charge in [0, 0.05) is 43.9 Å². The third-order valence-corrected chi connectivity index (χ3v) is 8.42. The number of nitrogens with one attached hydrogen (secondary N) is 1. The second-order valence-electron chi connectivity index (χ2n) is 12.3. The van der Waals surface area contributed by atoms with Crippen molar-refractivity contribution in [2.75, 3.05) is 38.7 Å². The quantitative estimate of drug-likeness (QED) is 0.344. The van der Waals surface area contributed by atoms with E-state index in [1.54, 1.807) is 66.2 Å². The van der Waals surface area contributed by atoms with E-state index in [0.29, 0.717) is 42.1 Å². The van der Waals surface area contributed by atoms with Gasteiger partial charge in [-0.1, -0.05) is 55.5 Å². The smallest absolute Gasteiger partial charge is 0.258 e. The Balaban J connectivity index is 1.60. The zero-order valence-electron chi connectivity index (χ0n) is 27.4. The number of likely N-dealkylation sites (N-methyl/N-ethyl adjacent to an activating group) is 1. The number of carbonyl (C=O) groups excluding carboxylic acids is 3. The van der Waals surface area contributed by atoms with Crippen LogP contribution in [0.5, 0.6) is 5.75 Å². The Labute approximate surface area is 272 Å². The predicted octanol–water partition coefficient (Wildman–Crippen LogP) is 5.44. The summed E-state index contributed by atoms with van der Waals surface area (Å²) in [6.07, 6.45) is 2.25. The van der Waals surface area contributed by atoms with Crippen LogP contribution in [0.2, 0.25) is 0 Å². The van der Waals surface area contributed by atoms with Crippen molar-refractivity contribution in [1.29, 1.82) is 0 Å². The molecule has 0 aliphatic carbocycles. The molecule has 246 valence electrons. The van der Waals surface area contributed by atoms with Gasteiger partial charge in [-0.2, -0.15) is 0 Å². The number of ether oxygens (including phenoxy) is 2. The third-order valence-electron chi connectivity index (χ3n) is 8.42. The molecule has 0 unspecified atom stereocenters. The number of carbonyl (C=O) groups is 3. The molecule has 46 heavy (non-hydrogen) atoms. The highest BCUT2D eigenvalue weighted by atomic mass is 16.5. The van der Waals surface area contributed by atoms with E-state index >= 15 is 0 Å². The van der Waals surface area contributed by atoms with Crippen LogP contribution >= 0.6 is 0 Å². The zero-order chi connectivity index (χ0) is 33.1. The highest BCUT2D eigenvalue weighted by Crippen LogP contribution is 2.29. The van der Waals surface area contributed by atoms with Crippen molar-refractivity contribution in [1.82, 2.24) is 9.80 Å². The van der Waals surface area contributed by atoms with Gasteiger partial charge in [-0.05, 0) is 69.0 Å². The number of aliphatic hydroxyl groups is 1. The number of rotatable bonds is 8. The van der Waals surface area contributed by atoms with E-state index in [1.165, 1.54) is 0 Å². The van der Waals surface area contributed by atoms with Gasteiger partial charge < -0.3 is 29.7 Å². The lowest BCUT2D eigenvalue weighted by Gasteiger charge is -2.36. The van der Waals surface area contributed by atoms with E-state index in [4.69, 9.17) is 9.47 Å². The fourth-order valence-electron chi connectivity index (χ4n) is 5.53. The molecule has 1 heterocycles. The minimum absolute atomic E-state index is 0.0111. The molecule has 0 radical (unpaired) electrons. The number of aliphatic hydroxyl groups excluding tert-OH is 1. The van der Waals surface area contributed by atoms with E-state index in [9.17, 15) is 19.5 Å². The van der Waals surface area contributed by atoms with Gasteiger partial charge in [0.1, 0.15) is 5.75 Å². The van der Waals surface area contributed by atoms with Gasteiger partial charge in [0.05, 0.1) is 36.8 Å². The fraction of sp³-hybridized carbons (Fsp3) is 0.432. The first kappa shape index (κ1) is 34.7. The standard InChI is InChI=1S/C37H47N3O6/c1-26-23-40(27(2)25-41)37(44)32-22-31(38-36(43)30-16-9-6-10-17-30)18-19-33(32)46-28(3)13-11-12-20-45-34(26)24-39(4)35(42)21-29-14-7-5-8-15-29/h5-10,14-19,22,26-28,34,41H,11-13,20-21,23-25H2,1-4H3,(H,38,43)/t26-,27-,28-,34+/m1/s1. The van der Waals surface area contributed by atoms with Crippen LogP contribution < -0.4 is 10.1 Å². The van der Waals surface area contributed by atoms with Crippen molar-refractivity contribution >= 4 is 23.4 Å². The number of hydrogen-bond donors (Lipinski definition) is 2. The number of hydrogen-bond acceptors (Lipinski definition) is 6. The third kappa shape index (κ3) is 9.64. The fourth-order valence-corrected chi connectivity index (χ4v) is 5.53. The minimum atomic E-state index is -0.506. The molecule has 3 amide bonds. The summed E-state index contributed by atoms with van der Waals surface area (Å²) in [6, 6.07) is 23.1. The maximum Gasteiger partial charge on any atom is 0.258 e. The van der Waals surface area contributed by atoms with Gasteiger partial charge in [-0.15, -0.1) is 0 Å². The molecule has 0 fully saturated rings. The van der Waals surface area contributed by atoms with E-state index in [-0.39, 0.29) is 49.0 Å². The SMILES string of the molecule is C[C@@H]1CCCCO[C@@H](CN(C)C(=O)Cc2ccccc2)[C@H](C)CN([C@H](C)CO)C(=O)c2cc(NC(=O)c3ccccc3)ccc2O1. The van der Waals surface area contributed by atoms with Gasteiger partial charge in [-0.25, -0.2) is 0 Å². The van der Waals surface area contributed by atoms with Gasteiger partial charge in [0.25, 0.3) is 11.8 Å². The first-order valence-electron chi connectivity index (χ1n) is 16.1. The first-order valence-corrected chi connectivity index (χ1v) is 16.1. The second kappa shape index (κ2) is 16.9. The van der Waals surface area contributed by atoms with Gasteiger partial charge in [0.2, 0.25) is 5.91 Å². The van der Waals surface area contributed by atoms with Gasteiger partial charge in [-0.3, -0.25) is 14.4 Å². The molecular weight excluding hydrogens is 582 g/mol. The topological polar surface area (TPSA) is 108 Å². The summed E-state index contributed by atoms with van der Waals surface area (Å²) in [6.45, 7) is 6.70. The molecule has 0 bridgehead atoms. The lowest BCUT2D eigenvalue weighted by Crippen LogP contribution is -2.48. The summed E-state index contributed by atoms with van der Waals surface area (Å²) in [7, 11) is 1.78. The van der Waals surface area contributed by atoms with Crippen LogP contribution in [-0.4, -0.2) is 84.2 Å². The Bertz CT molecular complexity index is 1430. The van der Waals surface area contributed by atoms with E-state index in [0.717, 1.165) is 24.8 Å². The number of anilines is 1. The zero-order valence-corrected chi connectivity index (χ0v) is 27.4. The summed E-state index contributed by atoms with van der Waals surface area (Å²) in [5, 5.41) is 13.1. The molecule has 3 aromatic rings. The Morgan fingerprint density at radius 1 is 1.02 bits per heavy atom. The number of fused-ring (bicyclic) bond motifs is 1. The molecule has 4 rings (SSSR count). The molecule has 0 saturated carbocycles. The molecule has 0 aromatic heterocycles. The molecule has 9 heteroatoms. The lowest BCUT2D eigenvalue weighted by molar-refractivity contribution is -0.131. The second-order valence-corrected chi connectivity index (χ2v) is 12.3. The lowest BCUT2D eigenvalue weighted by atomic mass is 10.0. The normalized spacial score (nSPS) is 20.1. The highest BCUT2D eigenvalue weighted by molar-refractivity contribution is 6.05. The van der Waals surface area contributed by atoms with E-state index in [2.05, 4.69) is 5.32 Å². The molecule has 3 aromatic carbocycles. The monoisotopic (exact) mass is 629 g/mol. The van der Waals surface area contributed by atoms with Crippen LogP contribution in [-0.2, 0) is 16.0 Å². The molecule has 0 saturated heterocycles. The Hall–Kier alpha value is -4.21. The molecule has 4 atom stereocenters. The molecule has 1 aliphatic rings. The first-order chi connectivity index (χ1) is 22.2. The van der Waals surface area contributed by atoms with Crippen molar-refractivity contribution in [2.24, 2.45) is 5.92 Å². The Morgan fingerprint density at radius 2 is 1.72 bits per heavy atom. The predicted molar refractivity (Wildman–Crippen MR) is 179 cm³/mol. The van der Waals surface area contributed by atoms with Crippen molar-refractivity contribution in [3.05, 3.63) is 95.6 Å². The Morgan fingerprint density at radius 3 is 2.41 bits per heavy atom. The number of nitrogens with zero attached hydrogens (tertiary/aromatic N) is 2. The minimum Gasteiger partial charge on any atom is -0.490 e. The summed E-state index contributed by atoms with van der Waals surface area (Å²) in [5.74, 6) is -0.367. The summed E-state index contributed by atoms with van der Waals surface area (Å²) < 4.78 is 12.7. The van der Waals surface area contributed by atoms with Crippen molar-refractivity contribution < 1.29 is 29.0 Å². The van der Waals surface area contributed by atoms with Crippen LogP contribution in [0.15, 0.2) is 78.9 Å². The van der Waals surface area contributed by atoms with E-state index in [1.807, 2.05) is 50.2 Å². The average molecular weight is 630 g/mol. The van der Waals surface area contributed by atoms with Crippen molar-refractivity contribution in [2.45, 2.75) is 64.7 Å². The van der Waals surface area contributed by atoms with Crippen LogP contribution in [0.4, 0.5) is 5.69 Å². The molecular formula is C37H47N3O6. The molecule has 9 nitrogen and oxygen atoms in total. The van der Waals surface area contributed by atoms with Crippen LogP contribution in [0.25, 0.3) is 0 Å². The molecule has 2 N–H and O–H groups in total. The number of benzene rings is 3. The summed E-state index contributed by atoms with van der Waals surface area (Å²) in [5.41, 5.74) is 2.21. The van der Waals surface area contributed by atoms with Crippen molar-refractivity contribution in [3.8, 4) is 5.75 Å². The van der Waals surface area contributed by atoms with Crippen LogP contribution in [0.3, 0.4) is 0 Å². The summed E-state index contributed by atoms with van der Waals surface area (Å²) >= 11 is 0. The maximum atomic E-state index is 14.3. The largest absolute Gasteiger partial charge is 0.490 e. The maximum absolute atomic E-state index is 14.3. The molecule has 0 spiro atoms. The summed E-state index contributed by atoms with van der Waals surface area (Å²) in [4.78, 5) is 43.7. The van der Waals surface area contributed by atoms with Crippen LogP contribution in [0, 0.1) is 5.92 Å². The van der Waals surface area contributed by atoms with Crippen LogP contribution in [0.1, 0.15) is 66.3 Å². The van der Waals surface area contributed by atoms with Crippen molar-refractivity contribution in [3.63, 3.8) is 0 Å². The van der Waals surface area contributed by atoms with Gasteiger partial charge in [0.15, 0.2) is 0 Å². The molecule has 1 aliphatic heterocycles. The average Bonchev–Trinajstić information content (AvgIpc) is 3.06. The van der Waals surface area contributed by atoms with E-state index < -0.39 is 6.04 Å². The van der Waals surface area contributed by atoms with Gasteiger partial charge >= 0.3 is 0 Å². The number of amides is 3.